The molecule has 0 aromatic heterocycles. The van der Waals surface area contributed by atoms with E-state index in [0.29, 0.717) is 24.3 Å². The number of benzene rings is 2. The highest BCUT2D eigenvalue weighted by molar-refractivity contribution is 7.89. The summed E-state index contributed by atoms with van der Waals surface area (Å²) in [6.07, 6.45) is 0.479. The van der Waals surface area contributed by atoms with E-state index in [0.717, 1.165) is 6.07 Å². The summed E-state index contributed by atoms with van der Waals surface area (Å²) >= 11 is 0. The maximum Gasteiger partial charge on any atom is 0.293 e. The summed E-state index contributed by atoms with van der Waals surface area (Å²) < 4.78 is 45.8. The lowest BCUT2D eigenvalue weighted by Crippen LogP contribution is -2.30. The molecule has 0 aliphatic carbocycles. The number of ether oxygens (including phenoxy) is 1. The molecule has 0 bridgehead atoms. The van der Waals surface area contributed by atoms with Crippen molar-refractivity contribution in [1.29, 1.82) is 0 Å². The number of nitro groups is 1. The zero-order chi connectivity index (χ0) is 21.2. The van der Waals surface area contributed by atoms with E-state index in [2.05, 4.69) is 5.32 Å². The van der Waals surface area contributed by atoms with Crippen LogP contribution < -0.4 is 10.1 Å². The van der Waals surface area contributed by atoms with Crippen LogP contribution >= 0.6 is 0 Å². The van der Waals surface area contributed by atoms with Gasteiger partial charge in [0.25, 0.3) is 5.69 Å². The quantitative estimate of drug-likeness (QED) is 0.538. The second-order valence-electron chi connectivity index (χ2n) is 6.54. The SMILES string of the molecule is CCN(CC)S(=O)(=O)c1ccc(NC2CCOc3ccc(F)cc32)c([N+](=O)[O-])c1. The van der Waals surface area contributed by atoms with E-state index in [1.165, 1.54) is 34.6 Å². The first-order valence-electron chi connectivity index (χ1n) is 9.25. The molecule has 1 N–H and O–H groups in total. The molecule has 29 heavy (non-hydrogen) atoms. The molecule has 8 nitrogen and oxygen atoms in total. The lowest BCUT2D eigenvalue weighted by Gasteiger charge is -2.27. The Morgan fingerprint density at radius 1 is 1.24 bits per heavy atom. The molecule has 1 aliphatic heterocycles. The molecule has 0 spiro atoms. The number of fused-ring (bicyclic) bond motifs is 1. The van der Waals surface area contributed by atoms with Crippen LogP contribution in [0.15, 0.2) is 41.3 Å². The first-order chi connectivity index (χ1) is 13.8. The van der Waals surface area contributed by atoms with Gasteiger partial charge in [0.05, 0.1) is 22.5 Å². The van der Waals surface area contributed by atoms with Gasteiger partial charge in [0.2, 0.25) is 10.0 Å². The van der Waals surface area contributed by atoms with Crippen molar-refractivity contribution in [3.05, 3.63) is 57.9 Å². The Morgan fingerprint density at radius 3 is 2.62 bits per heavy atom. The molecule has 156 valence electrons. The van der Waals surface area contributed by atoms with Crippen LogP contribution in [0.5, 0.6) is 5.75 Å². The van der Waals surface area contributed by atoms with Gasteiger partial charge in [0, 0.05) is 31.1 Å². The molecule has 3 rings (SSSR count). The third-order valence-electron chi connectivity index (χ3n) is 4.85. The Kier molecular flexibility index (Phi) is 6.04. The number of nitrogens with zero attached hydrogens (tertiary/aromatic N) is 2. The molecule has 0 saturated carbocycles. The van der Waals surface area contributed by atoms with Crippen LogP contribution in [0.25, 0.3) is 0 Å². The molecular formula is C19H22FN3O5S. The Bertz CT molecular complexity index is 1020. The average molecular weight is 423 g/mol. The zero-order valence-corrected chi connectivity index (χ0v) is 16.9. The number of hydrogen-bond donors (Lipinski definition) is 1. The summed E-state index contributed by atoms with van der Waals surface area (Å²) in [4.78, 5) is 10.9. The van der Waals surface area contributed by atoms with Crippen molar-refractivity contribution in [2.24, 2.45) is 0 Å². The summed E-state index contributed by atoms with van der Waals surface area (Å²) in [6.45, 7) is 4.30. The Labute approximate surface area is 168 Å². The molecule has 0 radical (unpaired) electrons. The number of nitrogens with one attached hydrogen (secondary N) is 1. The Balaban J connectivity index is 1.98. The van der Waals surface area contributed by atoms with Crippen molar-refractivity contribution in [3.63, 3.8) is 0 Å². The molecule has 2 aromatic carbocycles. The van der Waals surface area contributed by atoms with Crippen molar-refractivity contribution >= 4 is 21.4 Å². The second kappa shape index (κ2) is 8.34. The van der Waals surface area contributed by atoms with E-state index in [-0.39, 0.29) is 29.4 Å². The normalized spacial score (nSPS) is 16.2. The van der Waals surface area contributed by atoms with E-state index in [1.807, 2.05) is 0 Å². The highest BCUT2D eigenvalue weighted by Crippen LogP contribution is 2.37. The fraction of sp³-hybridized carbons (Fsp3) is 0.368. The van der Waals surface area contributed by atoms with Gasteiger partial charge in [0.15, 0.2) is 0 Å². The molecule has 0 fully saturated rings. The average Bonchev–Trinajstić information content (AvgIpc) is 2.69. The lowest BCUT2D eigenvalue weighted by molar-refractivity contribution is -0.384. The van der Waals surface area contributed by atoms with E-state index < -0.39 is 26.8 Å². The molecule has 1 aliphatic rings. The summed E-state index contributed by atoms with van der Waals surface area (Å²) in [7, 11) is -3.83. The monoisotopic (exact) mass is 423 g/mol. The highest BCUT2D eigenvalue weighted by Gasteiger charge is 2.28. The molecule has 2 aromatic rings. The summed E-state index contributed by atoms with van der Waals surface area (Å²) in [5, 5.41) is 14.7. The van der Waals surface area contributed by atoms with Crippen LogP contribution in [-0.2, 0) is 10.0 Å². The number of rotatable bonds is 7. The van der Waals surface area contributed by atoms with Gasteiger partial charge >= 0.3 is 0 Å². The highest BCUT2D eigenvalue weighted by atomic mass is 32.2. The number of halogens is 1. The number of sulfonamides is 1. The van der Waals surface area contributed by atoms with E-state index in [4.69, 9.17) is 4.74 Å². The second-order valence-corrected chi connectivity index (χ2v) is 8.48. The van der Waals surface area contributed by atoms with E-state index in [9.17, 15) is 22.9 Å². The largest absolute Gasteiger partial charge is 0.493 e. The summed E-state index contributed by atoms with van der Waals surface area (Å²) in [5.41, 5.74) is 0.365. The van der Waals surface area contributed by atoms with Crippen LogP contribution in [0.2, 0.25) is 0 Å². The molecule has 1 heterocycles. The van der Waals surface area contributed by atoms with Crippen molar-refractivity contribution in [1.82, 2.24) is 4.31 Å². The summed E-state index contributed by atoms with van der Waals surface area (Å²) in [6, 6.07) is 7.51. The van der Waals surface area contributed by atoms with Gasteiger partial charge in [-0.15, -0.1) is 0 Å². The fourth-order valence-corrected chi connectivity index (χ4v) is 4.84. The minimum Gasteiger partial charge on any atom is -0.493 e. The molecule has 10 heteroatoms. The van der Waals surface area contributed by atoms with Crippen LogP contribution in [0.1, 0.15) is 31.9 Å². The molecule has 0 saturated heterocycles. The number of hydrogen-bond acceptors (Lipinski definition) is 6. The first-order valence-corrected chi connectivity index (χ1v) is 10.7. The van der Waals surface area contributed by atoms with Crippen molar-refractivity contribution in [2.45, 2.75) is 31.2 Å². The third kappa shape index (κ3) is 4.18. The molecule has 1 unspecified atom stereocenters. The van der Waals surface area contributed by atoms with Crippen LogP contribution in [0.4, 0.5) is 15.8 Å². The third-order valence-corrected chi connectivity index (χ3v) is 6.90. The van der Waals surface area contributed by atoms with Gasteiger partial charge in [-0.05, 0) is 30.3 Å². The van der Waals surface area contributed by atoms with Crippen LogP contribution in [0, 0.1) is 15.9 Å². The molecular weight excluding hydrogens is 401 g/mol. The van der Waals surface area contributed by atoms with E-state index >= 15 is 0 Å². The molecule has 0 amide bonds. The minimum absolute atomic E-state index is 0.142. The predicted molar refractivity (Wildman–Crippen MR) is 106 cm³/mol. The minimum atomic E-state index is -3.83. The summed E-state index contributed by atoms with van der Waals surface area (Å²) in [5.74, 6) is 0.0785. The van der Waals surface area contributed by atoms with Gasteiger partial charge < -0.3 is 10.1 Å². The Hall–Kier alpha value is -2.72. The van der Waals surface area contributed by atoms with Crippen LogP contribution in [0.3, 0.4) is 0 Å². The van der Waals surface area contributed by atoms with Gasteiger partial charge in [-0.25, -0.2) is 12.8 Å². The predicted octanol–water partition coefficient (Wildman–Crippen LogP) is 3.70. The topological polar surface area (TPSA) is 102 Å². The first kappa shape index (κ1) is 21.0. The van der Waals surface area contributed by atoms with Crippen molar-refractivity contribution < 1.29 is 22.5 Å². The van der Waals surface area contributed by atoms with Gasteiger partial charge in [-0.3, -0.25) is 10.1 Å². The zero-order valence-electron chi connectivity index (χ0n) is 16.1. The molecule has 1 atom stereocenters. The lowest BCUT2D eigenvalue weighted by atomic mass is 10.00. The number of anilines is 1. The fourth-order valence-electron chi connectivity index (χ4n) is 3.36. The van der Waals surface area contributed by atoms with E-state index in [1.54, 1.807) is 13.8 Å². The van der Waals surface area contributed by atoms with Gasteiger partial charge in [-0.2, -0.15) is 4.31 Å². The smallest absolute Gasteiger partial charge is 0.293 e. The van der Waals surface area contributed by atoms with Crippen molar-refractivity contribution in [3.8, 4) is 5.75 Å². The van der Waals surface area contributed by atoms with Gasteiger partial charge in [0.1, 0.15) is 17.3 Å². The van der Waals surface area contributed by atoms with Crippen molar-refractivity contribution in [2.75, 3.05) is 25.0 Å². The standard InChI is InChI=1S/C19H22FN3O5S/c1-3-22(4-2)29(26,27)14-6-7-17(18(12-14)23(24)25)21-16-9-10-28-19-8-5-13(20)11-15(16)19/h5-8,11-12,16,21H,3-4,9-10H2,1-2H3. The number of nitro benzene ring substituents is 1. The maximum absolute atomic E-state index is 13.7. The maximum atomic E-state index is 13.7. The Morgan fingerprint density at radius 2 is 1.97 bits per heavy atom. The van der Waals surface area contributed by atoms with Crippen LogP contribution in [-0.4, -0.2) is 37.3 Å². The van der Waals surface area contributed by atoms with Gasteiger partial charge in [-0.1, -0.05) is 13.8 Å².